The fraction of sp³-hybridized carbons (Fsp3) is 0.500. The molecule has 5 rings (SSSR count). The number of fused-ring (bicyclic) bond motifs is 4. The van der Waals surface area contributed by atoms with Crippen LogP contribution in [0.25, 0.3) is 11.1 Å². The van der Waals surface area contributed by atoms with Crippen molar-refractivity contribution in [3.63, 3.8) is 0 Å². The molecule has 2 bridgehead atoms. The van der Waals surface area contributed by atoms with Crippen LogP contribution in [0, 0.1) is 26.6 Å². The second kappa shape index (κ2) is 15.0. The van der Waals surface area contributed by atoms with E-state index in [9.17, 15) is 32.7 Å². The zero-order valence-electron chi connectivity index (χ0n) is 29.2. The molecule has 1 saturated carbocycles. The maximum Gasteiger partial charge on any atom is 0.416 e. The van der Waals surface area contributed by atoms with Crippen LogP contribution >= 0.6 is 0 Å². The van der Waals surface area contributed by atoms with Gasteiger partial charge in [-0.15, -0.1) is 0 Å². The van der Waals surface area contributed by atoms with Crippen LogP contribution in [0.4, 0.5) is 17.6 Å². The second-order valence-electron chi connectivity index (χ2n) is 13.9. The van der Waals surface area contributed by atoms with Crippen molar-refractivity contribution in [2.75, 3.05) is 27.2 Å². The van der Waals surface area contributed by atoms with E-state index < -0.39 is 53.5 Å². The monoisotopic (exact) mass is 699 g/mol. The van der Waals surface area contributed by atoms with Crippen molar-refractivity contribution >= 4 is 11.9 Å². The van der Waals surface area contributed by atoms with Gasteiger partial charge in [0.05, 0.1) is 24.6 Å². The summed E-state index contributed by atoms with van der Waals surface area (Å²) in [6, 6.07) is 3.22. The summed E-state index contributed by atoms with van der Waals surface area (Å²) in [4.78, 5) is 41.5. The van der Waals surface area contributed by atoms with E-state index in [1.807, 2.05) is 26.8 Å². The first-order chi connectivity index (χ1) is 23.6. The lowest BCUT2D eigenvalue weighted by Gasteiger charge is -2.26. The van der Waals surface area contributed by atoms with Gasteiger partial charge >= 0.3 is 12.1 Å². The van der Waals surface area contributed by atoms with E-state index in [0.717, 1.165) is 45.9 Å². The highest BCUT2D eigenvalue weighted by atomic mass is 19.4. The molecule has 270 valence electrons. The summed E-state index contributed by atoms with van der Waals surface area (Å²) in [5.74, 6) is -2.11. The molecular formula is C38H45F4N3O5. The molecule has 2 N–H and O–H groups in total. The number of hydrogen-bond donors (Lipinski definition) is 2. The number of pyridine rings is 1. The van der Waals surface area contributed by atoms with E-state index in [1.54, 1.807) is 31.1 Å². The predicted octanol–water partition coefficient (Wildman–Crippen LogP) is 7.41. The first-order valence-corrected chi connectivity index (χ1v) is 17.1. The molecule has 50 heavy (non-hydrogen) atoms. The van der Waals surface area contributed by atoms with Crippen LogP contribution in [-0.4, -0.2) is 53.7 Å². The van der Waals surface area contributed by atoms with E-state index in [4.69, 9.17) is 4.74 Å². The maximum atomic E-state index is 16.5. The number of amides is 1. The number of ether oxygens (including phenoxy) is 1. The average Bonchev–Trinajstić information content (AvgIpc) is 3.87. The Morgan fingerprint density at radius 1 is 1.00 bits per heavy atom. The number of carboxylic acid groups (broad SMARTS) is 1. The van der Waals surface area contributed by atoms with Crippen molar-refractivity contribution < 1.29 is 37.0 Å². The number of hydrogen-bond acceptors (Lipinski definition) is 5. The number of carbonyl (C=O) groups is 2. The number of aromatic nitrogens is 1. The molecule has 1 amide bonds. The maximum absolute atomic E-state index is 16.5. The van der Waals surface area contributed by atoms with E-state index in [2.05, 4.69) is 5.32 Å². The zero-order chi connectivity index (χ0) is 36.5. The highest BCUT2D eigenvalue weighted by Crippen LogP contribution is 2.46. The number of nitrogens with zero attached hydrogens (tertiary/aromatic N) is 2. The summed E-state index contributed by atoms with van der Waals surface area (Å²) in [6.45, 7) is 6.55. The molecule has 1 fully saturated rings. The Hall–Kier alpha value is -4.19. The minimum absolute atomic E-state index is 0.0104. The summed E-state index contributed by atoms with van der Waals surface area (Å²) in [6.07, 6.45) is -1.18. The lowest BCUT2D eigenvalue weighted by atomic mass is 9.88. The SMILES string of the molecule is Cc1cc2c(c(C)c1C)-c1cc(C3CC3)c(F)c(c1)[C@H](CC(=O)O)NC(=O)[C@@H](n1cc(CCN(C)C)c(C(F)(F)F)cc1=O)CCCCCO2. The minimum Gasteiger partial charge on any atom is -0.493 e. The first kappa shape index (κ1) is 37.1. The molecular weight excluding hydrogens is 654 g/mol. The molecule has 0 radical (unpaired) electrons. The summed E-state index contributed by atoms with van der Waals surface area (Å²) in [7, 11) is 3.43. The van der Waals surface area contributed by atoms with Crippen LogP contribution in [0.3, 0.4) is 0 Å². The molecule has 0 spiro atoms. The standard InChI is InChI=1S/C38H45F4N3O5/c1-21-15-32-35(23(3)22(21)2)26-16-27(24-10-11-24)36(39)28(17-26)30(19-34(47)48)43-37(49)31(9-7-6-8-14-50-32)45-20-25(12-13-44(4)5)29(18-33(45)46)38(40,41)42/h15-18,20,24,30-31H,6-14,19H2,1-5H3,(H,43,49)(H,47,48)/t30-,31-/m0/s1. The van der Waals surface area contributed by atoms with Gasteiger partial charge in [0.25, 0.3) is 5.56 Å². The topological polar surface area (TPSA) is 101 Å². The highest BCUT2D eigenvalue weighted by Gasteiger charge is 2.37. The fourth-order valence-electron chi connectivity index (χ4n) is 6.80. The molecule has 2 aromatic carbocycles. The van der Waals surface area contributed by atoms with E-state index >= 15 is 4.39 Å². The number of likely N-dealkylation sites (N-methyl/N-ethyl adjacent to an activating group) is 1. The van der Waals surface area contributed by atoms with Gasteiger partial charge in [0, 0.05) is 29.9 Å². The molecule has 0 unspecified atom stereocenters. The molecule has 12 heteroatoms. The van der Waals surface area contributed by atoms with Crippen LogP contribution < -0.4 is 15.6 Å². The number of aryl methyl sites for hydroxylation is 1. The fourth-order valence-corrected chi connectivity index (χ4v) is 6.80. The third-order valence-corrected chi connectivity index (χ3v) is 9.94. The van der Waals surface area contributed by atoms with Gasteiger partial charge in [-0.25, -0.2) is 4.39 Å². The molecule has 1 aliphatic heterocycles. The zero-order valence-corrected chi connectivity index (χ0v) is 29.2. The summed E-state index contributed by atoms with van der Waals surface area (Å²) >= 11 is 0. The Morgan fingerprint density at radius 3 is 2.34 bits per heavy atom. The number of rotatable bonds is 7. The molecule has 0 saturated heterocycles. The smallest absolute Gasteiger partial charge is 0.416 e. The third kappa shape index (κ3) is 8.22. The van der Waals surface area contributed by atoms with Crippen LogP contribution in [0.1, 0.15) is 102 Å². The molecule has 1 aromatic heterocycles. The highest BCUT2D eigenvalue weighted by molar-refractivity contribution is 5.82. The van der Waals surface area contributed by atoms with Gasteiger partial charge in [0.2, 0.25) is 5.91 Å². The lowest BCUT2D eigenvalue weighted by molar-refractivity contribution is -0.139. The molecule has 2 aliphatic rings. The van der Waals surface area contributed by atoms with Crippen LogP contribution in [0.5, 0.6) is 5.75 Å². The van der Waals surface area contributed by atoms with Gasteiger partial charge in [-0.3, -0.25) is 14.4 Å². The molecule has 2 heterocycles. The number of carboxylic acids is 1. The van der Waals surface area contributed by atoms with E-state index in [0.29, 0.717) is 48.8 Å². The molecule has 2 atom stereocenters. The minimum atomic E-state index is -4.79. The second-order valence-corrected chi connectivity index (χ2v) is 13.9. The number of benzene rings is 2. The van der Waals surface area contributed by atoms with Gasteiger partial charge in [0.15, 0.2) is 0 Å². The van der Waals surface area contributed by atoms with Gasteiger partial charge in [-0.05, 0) is 131 Å². The predicted molar refractivity (Wildman–Crippen MR) is 182 cm³/mol. The summed E-state index contributed by atoms with van der Waals surface area (Å²) in [5.41, 5.74) is 2.61. The van der Waals surface area contributed by atoms with E-state index in [-0.39, 0.29) is 36.4 Å². The quantitative estimate of drug-likeness (QED) is 0.249. The van der Waals surface area contributed by atoms with Crippen molar-refractivity contribution in [1.29, 1.82) is 0 Å². The summed E-state index contributed by atoms with van der Waals surface area (Å²) in [5, 5.41) is 12.7. The number of nitrogens with one attached hydrogen (secondary N) is 1. The first-order valence-electron chi connectivity index (χ1n) is 17.1. The van der Waals surface area contributed by atoms with Crippen LogP contribution in [0.15, 0.2) is 35.3 Å². The Morgan fingerprint density at radius 2 is 1.70 bits per heavy atom. The van der Waals surface area contributed by atoms with Gasteiger partial charge in [-0.1, -0.05) is 6.42 Å². The van der Waals surface area contributed by atoms with Gasteiger partial charge < -0.3 is 24.6 Å². The van der Waals surface area contributed by atoms with Crippen LogP contribution in [0.2, 0.25) is 0 Å². The Labute approximate surface area is 289 Å². The number of alkyl halides is 3. The van der Waals surface area contributed by atoms with Crippen molar-refractivity contribution in [3.05, 3.63) is 85.6 Å². The van der Waals surface area contributed by atoms with Crippen molar-refractivity contribution in [2.45, 2.75) is 96.3 Å². The van der Waals surface area contributed by atoms with Gasteiger partial charge in [-0.2, -0.15) is 13.2 Å². The number of aliphatic carboxylic acids is 1. The van der Waals surface area contributed by atoms with Crippen molar-refractivity contribution in [2.24, 2.45) is 0 Å². The van der Waals surface area contributed by atoms with Crippen LogP contribution in [-0.2, 0) is 22.2 Å². The summed E-state index contributed by atoms with van der Waals surface area (Å²) < 4.78 is 65.9. The largest absolute Gasteiger partial charge is 0.493 e. The average molecular weight is 700 g/mol. The van der Waals surface area contributed by atoms with E-state index in [1.165, 1.54) is 0 Å². The Kier molecular flexibility index (Phi) is 11.1. The normalized spacial score (nSPS) is 18.9. The molecule has 3 aromatic rings. The number of carbonyl (C=O) groups excluding carboxylic acids is 1. The number of halogens is 4. The van der Waals surface area contributed by atoms with Crippen molar-refractivity contribution in [3.8, 4) is 16.9 Å². The third-order valence-electron chi connectivity index (χ3n) is 9.94. The van der Waals surface area contributed by atoms with Gasteiger partial charge in [0.1, 0.15) is 17.6 Å². The Bertz CT molecular complexity index is 1830. The lowest BCUT2D eigenvalue weighted by Crippen LogP contribution is -2.40. The van der Waals surface area contributed by atoms with Crippen molar-refractivity contribution in [1.82, 2.24) is 14.8 Å². The Balaban J connectivity index is 1.66. The molecule has 1 aliphatic carbocycles. The molecule has 8 nitrogen and oxygen atoms in total.